The van der Waals surface area contributed by atoms with Crippen LogP contribution in [-0.4, -0.2) is 54.1 Å². The summed E-state index contributed by atoms with van der Waals surface area (Å²) in [6, 6.07) is 4.41. The number of nitrogens with one attached hydrogen (secondary N) is 2. The van der Waals surface area contributed by atoms with Crippen molar-refractivity contribution in [2.75, 3.05) is 38.5 Å². The van der Waals surface area contributed by atoms with Crippen molar-refractivity contribution in [1.82, 2.24) is 15.5 Å². The highest BCUT2D eigenvalue weighted by molar-refractivity contribution is 8.00. The van der Waals surface area contributed by atoms with Gasteiger partial charge in [-0.25, -0.2) is 0 Å². The van der Waals surface area contributed by atoms with Crippen molar-refractivity contribution in [3.63, 3.8) is 0 Å². The van der Waals surface area contributed by atoms with E-state index in [0.29, 0.717) is 4.75 Å². The number of hydrogen-bond donors (Lipinski definition) is 2. The van der Waals surface area contributed by atoms with E-state index in [0.717, 1.165) is 38.1 Å². The highest BCUT2D eigenvalue weighted by Crippen LogP contribution is 2.37. The molecular weight excluding hydrogens is 360 g/mol. The average Bonchev–Trinajstić information content (AvgIpc) is 3.31. The summed E-state index contributed by atoms with van der Waals surface area (Å²) in [6.45, 7) is 11.0. The molecule has 1 unspecified atom stereocenters. The number of hydrogen-bond acceptors (Lipinski definition) is 4. The molecule has 2 aliphatic heterocycles. The second-order valence-corrected chi connectivity index (χ2v) is 10.5. The topological polar surface area (TPSA) is 39.7 Å². The summed E-state index contributed by atoms with van der Waals surface area (Å²) >= 11 is 3.96. The highest BCUT2D eigenvalue weighted by Gasteiger charge is 2.29. The zero-order chi connectivity index (χ0) is 18.2. The van der Waals surface area contributed by atoms with Crippen LogP contribution in [-0.2, 0) is 6.54 Å². The number of likely N-dealkylation sites (tertiary alicyclic amines) is 1. The summed E-state index contributed by atoms with van der Waals surface area (Å²) in [5, 5.41) is 9.21. The Balaban J connectivity index is 1.40. The van der Waals surface area contributed by atoms with E-state index in [1.807, 2.05) is 11.3 Å². The average molecular weight is 395 g/mol. The van der Waals surface area contributed by atoms with E-state index >= 15 is 0 Å². The van der Waals surface area contributed by atoms with Crippen LogP contribution in [0.25, 0.3) is 0 Å². The van der Waals surface area contributed by atoms with E-state index in [4.69, 9.17) is 4.99 Å². The standard InChI is InChI=1S/C20H34N4S2/c1-3-21-19(23-16-20(2)9-5-13-26-20)22-14-17-7-10-24(11-8-17)15-18-6-4-12-25-18/h4,6,12,17H,3,5,7-11,13-16H2,1-2H3,(H2,21,22,23). The van der Waals surface area contributed by atoms with Crippen LogP contribution in [0, 0.1) is 5.92 Å². The van der Waals surface area contributed by atoms with Gasteiger partial charge in [-0.15, -0.1) is 11.3 Å². The Bertz CT molecular complexity index is 544. The lowest BCUT2D eigenvalue weighted by molar-refractivity contribution is 0.179. The first-order chi connectivity index (χ1) is 12.7. The number of thiophene rings is 1. The maximum atomic E-state index is 4.88. The fraction of sp³-hybridized carbons (Fsp3) is 0.750. The minimum absolute atomic E-state index is 0.343. The van der Waals surface area contributed by atoms with Gasteiger partial charge in [0.25, 0.3) is 0 Å². The molecule has 4 nitrogen and oxygen atoms in total. The predicted octanol–water partition coefficient (Wildman–Crippen LogP) is 3.80. The molecule has 0 amide bonds. The summed E-state index contributed by atoms with van der Waals surface area (Å²) in [6.07, 6.45) is 5.20. The third-order valence-corrected chi connectivity index (χ3v) is 7.83. The molecule has 3 rings (SSSR count). The monoisotopic (exact) mass is 394 g/mol. The van der Waals surface area contributed by atoms with E-state index in [1.54, 1.807) is 0 Å². The van der Waals surface area contributed by atoms with E-state index in [-0.39, 0.29) is 0 Å². The Kier molecular flexibility index (Phi) is 7.70. The van der Waals surface area contributed by atoms with Crippen LogP contribution in [0.3, 0.4) is 0 Å². The molecular formula is C20H34N4S2. The van der Waals surface area contributed by atoms with Crippen LogP contribution >= 0.6 is 23.1 Å². The molecule has 2 fully saturated rings. The molecule has 1 atom stereocenters. The Morgan fingerprint density at radius 3 is 2.85 bits per heavy atom. The van der Waals surface area contributed by atoms with Gasteiger partial charge in [0.1, 0.15) is 0 Å². The summed E-state index contributed by atoms with van der Waals surface area (Å²) < 4.78 is 0.343. The number of rotatable bonds is 7. The predicted molar refractivity (Wildman–Crippen MR) is 116 cm³/mol. The molecule has 0 aliphatic carbocycles. The maximum absolute atomic E-state index is 4.88. The van der Waals surface area contributed by atoms with Crippen LogP contribution in [0.15, 0.2) is 22.5 Å². The van der Waals surface area contributed by atoms with Crippen molar-refractivity contribution in [3.05, 3.63) is 22.4 Å². The van der Waals surface area contributed by atoms with Crippen LogP contribution in [0.5, 0.6) is 0 Å². The van der Waals surface area contributed by atoms with Crippen molar-refractivity contribution in [2.24, 2.45) is 10.9 Å². The maximum Gasteiger partial charge on any atom is 0.191 e. The molecule has 2 aliphatic rings. The zero-order valence-electron chi connectivity index (χ0n) is 16.3. The Morgan fingerprint density at radius 1 is 1.35 bits per heavy atom. The lowest BCUT2D eigenvalue weighted by atomic mass is 9.97. The van der Waals surface area contributed by atoms with E-state index < -0.39 is 0 Å². The highest BCUT2D eigenvalue weighted by atomic mass is 32.2. The van der Waals surface area contributed by atoms with Crippen LogP contribution < -0.4 is 10.6 Å². The number of piperidine rings is 1. The van der Waals surface area contributed by atoms with Gasteiger partial charge in [-0.2, -0.15) is 11.8 Å². The number of nitrogens with zero attached hydrogens (tertiary/aromatic N) is 2. The van der Waals surface area contributed by atoms with Crippen molar-refractivity contribution < 1.29 is 0 Å². The van der Waals surface area contributed by atoms with E-state index in [2.05, 4.69) is 58.7 Å². The SMILES string of the molecule is CCNC(=NCC1(C)CCCS1)NCC1CCN(Cc2cccs2)CC1. The van der Waals surface area contributed by atoms with Crippen LogP contribution in [0.2, 0.25) is 0 Å². The Hall–Kier alpha value is -0.720. The number of guanidine groups is 1. The molecule has 6 heteroatoms. The summed E-state index contributed by atoms with van der Waals surface area (Å²) in [7, 11) is 0. The molecule has 0 saturated carbocycles. The van der Waals surface area contributed by atoms with E-state index in [9.17, 15) is 0 Å². The molecule has 1 aromatic heterocycles. The normalized spacial score (nSPS) is 25.5. The largest absolute Gasteiger partial charge is 0.357 e. The van der Waals surface area contributed by atoms with Gasteiger partial charge in [-0.05, 0) is 75.7 Å². The molecule has 0 bridgehead atoms. The van der Waals surface area contributed by atoms with Gasteiger partial charge < -0.3 is 10.6 Å². The molecule has 0 aromatic carbocycles. The van der Waals surface area contributed by atoms with Crippen LogP contribution in [0.1, 0.15) is 44.4 Å². The van der Waals surface area contributed by atoms with Gasteiger partial charge >= 0.3 is 0 Å². The van der Waals surface area contributed by atoms with Crippen LogP contribution in [0.4, 0.5) is 0 Å². The summed E-state index contributed by atoms with van der Waals surface area (Å²) in [5.41, 5.74) is 0. The first-order valence-corrected chi connectivity index (χ1v) is 11.9. The minimum Gasteiger partial charge on any atom is -0.357 e. The first-order valence-electron chi connectivity index (χ1n) is 10.1. The lowest BCUT2D eigenvalue weighted by Gasteiger charge is -2.32. The zero-order valence-corrected chi connectivity index (χ0v) is 17.9. The molecule has 0 radical (unpaired) electrons. The molecule has 2 saturated heterocycles. The molecule has 26 heavy (non-hydrogen) atoms. The van der Waals surface area contributed by atoms with Gasteiger partial charge in [0.15, 0.2) is 5.96 Å². The Morgan fingerprint density at radius 2 is 2.19 bits per heavy atom. The van der Waals surface area contributed by atoms with Crippen molar-refractivity contribution >= 4 is 29.1 Å². The number of aliphatic imine (C=N–C) groups is 1. The van der Waals surface area contributed by atoms with E-state index in [1.165, 1.54) is 49.4 Å². The van der Waals surface area contributed by atoms with Crippen molar-refractivity contribution in [2.45, 2.75) is 50.8 Å². The van der Waals surface area contributed by atoms with Gasteiger partial charge in [-0.3, -0.25) is 9.89 Å². The first kappa shape index (κ1) is 20.0. The van der Waals surface area contributed by atoms with Crippen molar-refractivity contribution in [3.8, 4) is 0 Å². The summed E-state index contributed by atoms with van der Waals surface area (Å²) in [5.74, 6) is 3.05. The lowest BCUT2D eigenvalue weighted by Crippen LogP contribution is -2.43. The third-order valence-electron chi connectivity index (χ3n) is 5.44. The summed E-state index contributed by atoms with van der Waals surface area (Å²) in [4.78, 5) is 8.97. The molecule has 0 spiro atoms. The second kappa shape index (κ2) is 10.00. The molecule has 146 valence electrons. The molecule has 3 heterocycles. The fourth-order valence-electron chi connectivity index (χ4n) is 3.76. The smallest absolute Gasteiger partial charge is 0.191 e. The molecule has 1 aromatic rings. The van der Waals surface area contributed by atoms with Gasteiger partial charge in [-0.1, -0.05) is 6.07 Å². The molecule has 2 N–H and O–H groups in total. The van der Waals surface area contributed by atoms with Gasteiger partial charge in [0.05, 0.1) is 6.54 Å². The van der Waals surface area contributed by atoms with Crippen molar-refractivity contribution in [1.29, 1.82) is 0 Å². The fourth-order valence-corrected chi connectivity index (χ4v) is 5.73. The minimum atomic E-state index is 0.343. The second-order valence-electron chi connectivity index (χ2n) is 7.78. The third kappa shape index (κ3) is 6.17. The quantitative estimate of drug-likeness (QED) is 0.545. The van der Waals surface area contributed by atoms with Gasteiger partial charge in [0.2, 0.25) is 0 Å². The Labute approximate surface area is 167 Å². The number of thioether (sulfide) groups is 1. The van der Waals surface area contributed by atoms with Gasteiger partial charge in [0, 0.05) is 29.3 Å².